The van der Waals surface area contributed by atoms with Crippen molar-refractivity contribution in [1.82, 2.24) is 29.3 Å². The maximum atomic E-state index is 13.3. The molecule has 0 aromatic carbocycles. The Morgan fingerprint density at radius 1 is 1.21 bits per heavy atom. The fourth-order valence-electron chi connectivity index (χ4n) is 2.19. The zero-order valence-corrected chi connectivity index (χ0v) is 12.2. The molecule has 0 aliphatic carbocycles. The molecule has 0 radical (unpaired) electrons. The van der Waals surface area contributed by atoms with Crippen molar-refractivity contribution in [3.8, 4) is 17.1 Å². The second kappa shape index (κ2) is 5.44. The van der Waals surface area contributed by atoms with E-state index >= 15 is 0 Å². The molecule has 0 aliphatic heterocycles. The Hall–Kier alpha value is -3.24. The molecule has 0 unspecified atom stereocenters. The number of carbonyl (C=O) groups excluding carboxylic acids is 1. The molecule has 0 bridgehead atoms. The van der Waals surface area contributed by atoms with E-state index in [1.54, 1.807) is 0 Å². The lowest BCUT2D eigenvalue weighted by atomic mass is 10.2. The lowest BCUT2D eigenvalue weighted by Gasteiger charge is -2.07. The van der Waals surface area contributed by atoms with Gasteiger partial charge in [-0.2, -0.15) is 18.3 Å². The number of nitrogens with zero attached hydrogens (tertiary/aromatic N) is 6. The van der Waals surface area contributed by atoms with Crippen molar-refractivity contribution in [3.63, 3.8) is 0 Å². The lowest BCUT2D eigenvalue weighted by Crippen LogP contribution is -2.17. The van der Waals surface area contributed by atoms with Gasteiger partial charge in [0.05, 0.1) is 23.7 Å². The summed E-state index contributed by atoms with van der Waals surface area (Å²) in [6.45, 7) is 0. The molecular weight excluding hydrogens is 327 g/mol. The standard InChI is InChI=1S/C13H10F3N7O/c1-22-8(4-20-12(22)11(17)24)7-6-23(9-5-18-2-3-19-9)21-10(7)13(14,15)16/h2-6H,1H3,(H2,17,24). The number of halogens is 3. The average molecular weight is 337 g/mol. The fourth-order valence-corrected chi connectivity index (χ4v) is 2.19. The number of primary amides is 1. The first-order chi connectivity index (χ1) is 11.3. The Kier molecular flexibility index (Phi) is 3.55. The van der Waals surface area contributed by atoms with Crippen LogP contribution < -0.4 is 5.73 Å². The molecule has 2 N–H and O–H groups in total. The van der Waals surface area contributed by atoms with Crippen molar-refractivity contribution >= 4 is 5.91 Å². The Labute approximate surface area is 132 Å². The van der Waals surface area contributed by atoms with Gasteiger partial charge in [-0.1, -0.05) is 0 Å². The van der Waals surface area contributed by atoms with E-state index < -0.39 is 17.8 Å². The first-order valence-electron chi connectivity index (χ1n) is 6.54. The highest BCUT2D eigenvalue weighted by atomic mass is 19.4. The summed E-state index contributed by atoms with van der Waals surface area (Å²) in [5, 5.41) is 3.56. The van der Waals surface area contributed by atoms with Gasteiger partial charge in [0.1, 0.15) is 0 Å². The minimum absolute atomic E-state index is 0.0475. The van der Waals surface area contributed by atoms with Gasteiger partial charge in [-0.15, -0.1) is 0 Å². The monoisotopic (exact) mass is 337 g/mol. The molecule has 0 fully saturated rings. The number of aromatic nitrogens is 6. The summed E-state index contributed by atoms with van der Waals surface area (Å²) in [5.74, 6) is -0.893. The summed E-state index contributed by atoms with van der Waals surface area (Å²) in [6.07, 6.45) is 1.56. The molecule has 124 valence electrons. The number of rotatable bonds is 3. The number of alkyl halides is 3. The molecular formula is C13H10F3N7O. The Morgan fingerprint density at radius 3 is 2.50 bits per heavy atom. The molecule has 8 nitrogen and oxygen atoms in total. The van der Waals surface area contributed by atoms with Crippen LogP contribution in [0.25, 0.3) is 17.1 Å². The molecule has 0 atom stereocenters. The van der Waals surface area contributed by atoms with Gasteiger partial charge < -0.3 is 10.3 Å². The molecule has 0 aliphatic rings. The van der Waals surface area contributed by atoms with Crippen molar-refractivity contribution in [2.24, 2.45) is 12.8 Å². The molecule has 3 aromatic rings. The van der Waals surface area contributed by atoms with E-state index in [-0.39, 0.29) is 22.9 Å². The lowest BCUT2D eigenvalue weighted by molar-refractivity contribution is -0.140. The van der Waals surface area contributed by atoms with Crippen molar-refractivity contribution in [2.75, 3.05) is 0 Å². The maximum absolute atomic E-state index is 13.3. The fraction of sp³-hybridized carbons (Fsp3) is 0.154. The largest absolute Gasteiger partial charge is 0.435 e. The zero-order valence-electron chi connectivity index (χ0n) is 12.2. The van der Waals surface area contributed by atoms with E-state index in [1.807, 2.05) is 0 Å². The molecule has 24 heavy (non-hydrogen) atoms. The van der Waals surface area contributed by atoms with Crippen molar-refractivity contribution < 1.29 is 18.0 Å². The van der Waals surface area contributed by atoms with Gasteiger partial charge in [0.15, 0.2) is 17.3 Å². The highest BCUT2D eigenvalue weighted by molar-refractivity contribution is 5.90. The Morgan fingerprint density at radius 2 is 1.96 bits per heavy atom. The molecule has 3 heterocycles. The first kappa shape index (κ1) is 15.6. The quantitative estimate of drug-likeness (QED) is 0.773. The molecule has 0 spiro atoms. The van der Waals surface area contributed by atoms with Crippen LogP contribution in [0.2, 0.25) is 0 Å². The van der Waals surface area contributed by atoms with Crippen LogP contribution in [-0.4, -0.2) is 35.2 Å². The van der Waals surface area contributed by atoms with Gasteiger partial charge in [0.25, 0.3) is 5.91 Å². The van der Waals surface area contributed by atoms with E-state index in [1.165, 1.54) is 30.2 Å². The third-order valence-corrected chi connectivity index (χ3v) is 3.25. The van der Waals surface area contributed by atoms with E-state index in [0.29, 0.717) is 0 Å². The normalized spacial score (nSPS) is 11.7. The summed E-state index contributed by atoms with van der Waals surface area (Å²) < 4.78 is 42.1. The number of nitrogens with two attached hydrogens (primary N) is 1. The average Bonchev–Trinajstić information content (AvgIpc) is 3.11. The smallest absolute Gasteiger partial charge is 0.363 e. The number of carbonyl (C=O) groups is 1. The van der Waals surface area contributed by atoms with Gasteiger partial charge >= 0.3 is 6.18 Å². The highest BCUT2D eigenvalue weighted by Gasteiger charge is 2.38. The topological polar surface area (TPSA) is 105 Å². The van der Waals surface area contributed by atoms with Gasteiger partial charge in [0, 0.05) is 25.6 Å². The molecule has 3 rings (SSSR count). The summed E-state index contributed by atoms with van der Waals surface area (Å²) in [5.41, 5.74) is 3.80. The second-order valence-electron chi connectivity index (χ2n) is 4.79. The van der Waals surface area contributed by atoms with E-state index in [4.69, 9.17) is 5.73 Å². The predicted octanol–water partition coefficient (Wildman–Crippen LogP) is 1.18. The van der Waals surface area contributed by atoms with Crippen LogP contribution in [0.5, 0.6) is 0 Å². The Balaban J connectivity index is 2.20. The van der Waals surface area contributed by atoms with Gasteiger partial charge in [0.2, 0.25) is 0 Å². The van der Waals surface area contributed by atoms with Gasteiger partial charge in [-0.05, 0) is 0 Å². The number of hydrogen-bond donors (Lipinski definition) is 1. The second-order valence-corrected chi connectivity index (χ2v) is 4.79. The molecule has 3 aromatic heterocycles. The van der Waals surface area contributed by atoms with E-state index in [2.05, 4.69) is 20.1 Å². The molecule has 1 amide bonds. The van der Waals surface area contributed by atoms with Crippen LogP contribution in [0.4, 0.5) is 13.2 Å². The summed E-state index contributed by atoms with van der Waals surface area (Å²) in [4.78, 5) is 22.7. The Bertz CT molecular complexity index is 898. The zero-order chi connectivity index (χ0) is 17.5. The first-order valence-corrected chi connectivity index (χ1v) is 6.54. The van der Waals surface area contributed by atoms with Crippen LogP contribution in [-0.2, 0) is 13.2 Å². The minimum atomic E-state index is -4.71. The van der Waals surface area contributed by atoms with Crippen molar-refractivity contribution in [3.05, 3.63) is 42.5 Å². The summed E-state index contributed by atoms with van der Waals surface area (Å²) in [7, 11) is 1.39. The van der Waals surface area contributed by atoms with E-state index in [0.717, 1.165) is 17.1 Å². The number of amides is 1. The molecule has 11 heteroatoms. The van der Waals surface area contributed by atoms with Crippen molar-refractivity contribution in [2.45, 2.75) is 6.18 Å². The maximum Gasteiger partial charge on any atom is 0.435 e. The third kappa shape index (κ3) is 2.59. The molecule has 0 saturated heterocycles. The van der Waals surface area contributed by atoms with Crippen LogP contribution in [0.15, 0.2) is 31.0 Å². The van der Waals surface area contributed by atoms with Crippen LogP contribution in [0.3, 0.4) is 0 Å². The minimum Gasteiger partial charge on any atom is -0.363 e. The molecule has 0 saturated carbocycles. The highest BCUT2D eigenvalue weighted by Crippen LogP contribution is 2.36. The van der Waals surface area contributed by atoms with Crippen LogP contribution in [0, 0.1) is 0 Å². The van der Waals surface area contributed by atoms with E-state index in [9.17, 15) is 18.0 Å². The predicted molar refractivity (Wildman–Crippen MR) is 74.9 cm³/mol. The summed E-state index contributed by atoms with van der Waals surface area (Å²) >= 11 is 0. The van der Waals surface area contributed by atoms with Crippen LogP contribution in [0.1, 0.15) is 16.3 Å². The van der Waals surface area contributed by atoms with Crippen LogP contribution >= 0.6 is 0 Å². The van der Waals surface area contributed by atoms with Crippen molar-refractivity contribution in [1.29, 1.82) is 0 Å². The van der Waals surface area contributed by atoms with Gasteiger partial charge in [-0.25, -0.2) is 14.6 Å². The number of hydrogen-bond acceptors (Lipinski definition) is 5. The number of imidazole rings is 1. The SMILES string of the molecule is Cn1c(-c2cn(-c3cnccn3)nc2C(F)(F)F)cnc1C(N)=O. The third-order valence-electron chi connectivity index (χ3n) is 3.25. The van der Waals surface area contributed by atoms with Gasteiger partial charge in [-0.3, -0.25) is 9.78 Å². The summed E-state index contributed by atoms with van der Waals surface area (Å²) in [6, 6.07) is 0.